The van der Waals surface area contributed by atoms with Gasteiger partial charge in [-0.15, -0.1) is 5.11 Å². The van der Waals surface area contributed by atoms with E-state index >= 15 is 0 Å². The highest BCUT2D eigenvalue weighted by Crippen LogP contribution is 2.28. The van der Waals surface area contributed by atoms with Crippen LogP contribution in [0.25, 0.3) is 11.3 Å². The predicted octanol–water partition coefficient (Wildman–Crippen LogP) is 3.40. The summed E-state index contributed by atoms with van der Waals surface area (Å²) in [4.78, 5) is 9.37. The number of aryl methyl sites for hydroxylation is 2. The summed E-state index contributed by atoms with van der Waals surface area (Å²) in [5, 5.41) is 7.92. The number of hydrogen-bond donors (Lipinski definition) is 2. The van der Waals surface area contributed by atoms with Crippen LogP contribution in [0.4, 0.5) is 0 Å². The third kappa shape index (κ3) is 3.54. The summed E-state index contributed by atoms with van der Waals surface area (Å²) in [6, 6.07) is 20.5. The Hall–Kier alpha value is -3.12. The fraction of sp³-hybridized carbons (Fsp3) is 0.158. The van der Waals surface area contributed by atoms with E-state index in [1.54, 1.807) is 0 Å². The van der Waals surface area contributed by atoms with E-state index in [4.69, 9.17) is 4.98 Å². The van der Waals surface area contributed by atoms with Crippen LogP contribution in [0.2, 0.25) is 0 Å². The molecule has 1 aliphatic rings. The molecule has 0 radical (unpaired) electrons. The molecule has 124 valence electrons. The standard InChI is InChI=1S/C19H18N6/c1-3-7-14(8-4-1)11-12-17-20-13-16(19-22-24-25-23-19)18(21-17)15-9-5-2-6-10-15/h1-10,13,19H,11-12H2,(H,22,25)(H,23,24). The Kier molecular flexibility index (Phi) is 4.43. The first kappa shape index (κ1) is 15.4. The Balaban J connectivity index is 1.64. The highest BCUT2D eigenvalue weighted by Gasteiger charge is 2.20. The van der Waals surface area contributed by atoms with Gasteiger partial charge in [-0.25, -0.2) is 15.5 Å². The Bertz CT molecular complexity index is 864. The van der Waals surface area contributed by atoms with Crippen molar-refractivity contribution in [3.8, 4) is 11.3 Å². The number of benzene rings is 2. The molecule has 25 heavy (non-hydrogen) atoms. The average Bonchev–Trinajstić information content (AvgIpc) is 3.22. The molecule has 6 nitrogen and oxygen atoms in total. The second-order valence-electron chi connectivity index (χ2n) is 5.82. The number of hydrazine groups is 1. The molecular formula is C19H18N6. The molecule has 2 aromatic carbocycles. The maximum absolute atomic E-state index is 4.82. The second-order valence-corrected chi connectivity index (χ2v) is 5.82. The van der Waals surface area contributed by atoms with Gasteiger partial charge in [0, 0.05) is 23.7 Å². The largest absolute Gasteiger partial charge is 0.241 e. The van der Waals surface area contributed by atoms with Gasteiger partial charge >= 0.3 is 0 Å². The SMILES string of the molecule is c1ccc(CCc2ncc(C3N=NNN3)c(-c3ccccc3)n2)cc1. The highest BCUT2D eigenvalue weighted by atomic mass is 15.7. The third-order valence-electron chi connectivity index (χ3n) is 4.11. The van der Waals surface area contributed by atoms with E-state index in [0.717, 1.165) is 35.5 Å². The van der Waals surface area contributed by atoms with Crippen molar-refractivity contribution in [3.63, 3.8) is 0 Å². The molecule has 6 heteroatoms. The first-order valence-electron chi connectivity index (χ1n) is 8.26. The first-order chi connectivity index (χ1) is 12.4. The van der Waals surface area contributed by atoms with Crippen LogP contribution >= 0.6 is 0 Å². The van der Waals surface area contributed by atoms with E-state index in [1.165, 1.54) is 5.56 Å². The first-order valence-corrected chi connectivity index (χ1v) is 8.26. The summed E-state index contributed by atoms with van der Waals surface area (Å²) >= 11 is 0. The Labute approximate surface area is 146 Å². The maximum Gasteiger partial charge on any atom is 0.169 e. The quantitative estimate of drug-likeness (QED) is 0.752. The van der Waals surface area contributed by atoms with E-state index in [-0.39, 0.29) is 6.17 Å². The van der Waals surface area contributed by atoms with Crippen LogP contribution in [-0.4, -0.2) is 9.97 Å². The van der Waals surface area contributed by atoms with Crippen molar-refractivity contribution in [1.29, 1.82) is 0 Å². The molecule has 0 aliphatic carbocycles. The molecule has 1 unspecified atom stereocenters. The van der Waals surface area contributed by atoms with Gasteiger partial charge in [0.25, 0.3) is 0 Å². The van der Waals surface area contributed by atoms with E-state index in [1.807, 2.05) is 42.6 Å². The summed E-state index contributed by atoms with van der Waals surface area (Å²) in [5.41, 5.74) is 9.78. The number of nitrogens with zero attached hydrogens (tertiary/aromatic N) is 4. The third-order valence-corrected chi connectivity index (χ3v) is 4.11. The molecule has 2 heterocycles. The van der Waals surface area contributed by atoms with Gasteiger partial charge in [0.1, 0.15) is 5.82 Å². The van der Waals surface area contributed by atoms with Crippen molar-refractivity contribution >= 4 is 0 Å². The van der Waals surface area contributed by atoms with Crippen LogP contribution in [0.3, 0.4) is 0 Å². The van der Waals surface area contributed by atoms with Crippen LogP contribution in [-0.2, 0) is 12.8 Å². The number of nitrogens with one attached hydrogen (secondary N) is 2. The molecule has 0 amide bonds. The molecule has 1 aromatic heterocycles. The highest BCUT2D eigenvalue weighted by molar-refractivity contribution is 5.63. The molecule has 0 saturated carbocycles. The van der Waals surface area contributed by atoms with Crippen molar-refractivity contribution in [3.05, 3.63) is 83.8 Å². The molecule has 4 rings (SSSR count). The monoisotopic (exact) mass is 330 g/mol. The van der Waals surface area contributed by atoms with Crippen LogP contribution < -0.4 is 11.0 Å². The topological polar surface area (TPSA) is 74.6 Å². The van der Waals surface area contributed by atoms with Gasteiger partial charge in [0.05, 0.1) is 5.69 Å². The zero-order valence-electron chi connectivity index (χ0n) is 13.6. The van der Waals surface area contributed by atoms with E-state index in [0.29, 0.717) is 0 Å². The van der Waals surface area contributed by atoms with Crippen molar-refractivity contribution < 1.29 is 0 Å². The summed E-state index contributed by atoms with van der Waals surface area (Å²) in [7, 11) is 0. The molecule has 1 aliphatic heterocycles. The molecule has 0 bridgehead atoms. The van der Waals surface area contributed by atoms with Crippen LogP contribution in [0.15, 0.2) is 77.2 Å². The zero-order chi connectivity index (χ0) is 16.9. The predicted molar refractivity (Wildman–Crippen MR) is 95.2 cm³/mol. The normalized spacial score (nSPS) is 15.9. The molecule has 1 atom stereocenters. The van der Waals surface area contributed by atoms with Crippen LogP contribution in [0.5, 0.6) is 0 Å². The Morgan fingerprint density at radius 2 is 1.64 bits per heavy atom. The fourth-order valence-electron chi connectivity index (χ4n) is 2.82. The van der Waals surface area contributed by atoms with Crippen LogP contribution in [0, 0.1) is 0 Å². The van der Waals surface area contributed by atoms with Gasteiger partial charge < -0.3 is 0 Å². The minimum atomic E-state index is -0.279. The van der Waals surface area contributed by atoms with Crippen LogP contribution in [0.1, 0.15) is 23.1 Å². The molecule has 3 aromatic rings. The fourth-order valence-corrected chi connectivity index (χ4v) is 2.82. The zero-order valence-corrected chi connectivity index (χ0v) is 13.6. The van der Waals surface area contributed by atoms with Crippen molar-refractivity contribution in [2.24, 2.45) is 10.3 Å². The molecular weight excluding hydrogens is 312 g/mol. The summed E-state index contributed by atoms with van der Waals surface area (Å²) in [6.45, 7) is 0. The minimum Gasteiger partial charge on any atom is -0.241 e. The number of rotatable bonds is 5. The molecule has 0 saturated heterocycles. The van der Waals surface area contributed by atoms with Gasteiger partial charge in [0.2, 0.25) is 0 Å². The maximum atomic E-state index is 4.82. The van der Waals surface area contributed by atoms with E-state index < -0.39 is 0 Å². The van der Waals surface area contributed by atoms with Gasteiger partial charge in [-0.1, -0.05) is 65.9 Å². The lowest BCUT2D eigenvalue weighted by atomic mass is 10.0. The minimum absolute atomic E-state index is 0.279. The van der Waals surface area contributed by atoms with Crippen molar-refractivity contribution in [1.82, 2.24) is 20.9 Å². The van der Waals surface area contributed by atoms with Crippen molar-refractivity contribution in [2.75, 3.05) is 0 Å². The Morgan fingerprint density at radius 3 is 2.36 bits per heavy atom. The van der Waals surface area contributed by atoms with Gasteiger partial charge in [-0.2, -0.15) is 5.43 Å². The lowest BCUT2D eigenvalue weighted by molar-refractivity contribution is 0.549. The smallest absolute Gasteiger partial charge is 0.169 e. The summed E-state index contributed by atoms with van der Waals surface area (Å²) in [5.74, 6) is 0.828. The number of aromatic nitrogens is 2. The molecule has 2 N–H and O–H groups in total. The Morgan fingerprint density at radius 1 is 0.880 bits per heavy atom. The van der Waals surface area contributed by atoms with Gasteiger partial charge in [0.15, 0.2) is 6.17 Å². The van der Waals surface area contributed by atoms with E-state index in [9.17, 15) is 0 Å². The number of hydrogen-bond acceptors (Lipinski definition) is 6. The van der Waals surface area contributed by atoms with E-state index in [2.05, 4.69) is 50.5 Å². The summed E-state index contributed by atoms with van der Waals surface area (Å²) in [6.07, 6.45) is 3.27. The molecule has 0 fully saturated rings. The van der Waals surface area contributed by atoms with Gasteiger partial charge in [-0.3, -0.25) is 0 Å². The summed E-state index contributed by atoms with van der Waals surface area (Å²) < 4.78 is 0. The lowest BCUT2D eigenvalue weighted by Crippen LogP contribution is -2.25. The van der Waals surface area contributed by atoms with Gasteiger partial charge in [-0.05, 0) is 12.0 Å². The molecule has 0 spiro atoms. The lowest BCUT2D eigenvalue weighted by Gasteiger charge is -2.13. The average molecular weight is 330 g/mol. The van der Waals surface area contributed by atoms with Crippen molar-refractivity contribution in [2.45, 2.75) is 19.0 Å². The second kappa shape index (κ2) is 7.19.